The smallest absolute Gasteiger partial charge is 0.161 e. The Morgan fingerprint density at radius 2 is 1.89 bits per heavy atom. The molecule has 100 valence electrons. The van der Waals surface area contributed by atoms with Gasteiger partial charge in [-0.25, -0.2) is 9.97 Å². The number of aryl methyl sites for hydroxylation is 1. The largest absolute Gasteiger partial charge is 0.383 e. The minimum atomic E-state index is 0.396. The van der Waals surface area contributed by atoms with Crippen molar-refractivity contribution in [2.24, 2.45) is 0 Å². The Kier molecular flexibility index (Phi) is 4.50. The first-order valence-corrected chi connectivity index (χ1v) is 6.85. The van der Waals surface area contributed by atoms with E-state index in [1.807, 2.05) is 12.1 Å². The van der Waals surface area contributed by atoms with Gasteiger partial charge in [-0.15, -0.1) is 0 Å². The van der Waals surface area contributed by atoms with Crippen LogP contribution in [0.2, 0.25) is 0 Å². The molecule has 2 N–H and O–H groups in total. The molecule has 4 nitrogen and oxygen atoms in total. The highest BCUT2D eigenvalue weighted by molar-refractivity contribution is 9.10. The average Bonchev–Trinajstić information content (AvgIpc) is 2.44. The van der Waals surface area contributed by atoms with E-state index in [9.17, 15) is 0 Å². The number of rotatable bonds is 4. The van der Waals surface area contributed by atoms with Gasteiger partial charge in [-0.3, -0.25) is 0 Å². The molecule has 2 aromatic rings. The number of nitrogen functional groups attached to an aromatic ring is 1. The van der Waals surface area contributed by atoms with E-state index in [0.717, 1.165) is 17.7 Å². The van der Waals surface area contributed by atoms with Gasteiger partial charge in [0, 0.05) is 12.7 Å². The Hall–Kier alpha value is -1.46. The summed E-state index contributed by atoms with van der Waals surface area (Å²) in [5, 5.41) is 0. The molecule has 0 atom stereocenters. The van der Waals surface area contributed by atoms with Gasteiger partial charge in [0.05, 0.1) is 16.8 Å². The minimum absolute atomic E-state index is 0.396. The molecular weight excluding hydrogens is 306 g/mol. The fourth-order valence-electron chi connectivity index (χ4n) is 1.76. The molecule has 0 spiro atoms. The van der Waals surface area contributed by atoms with Crippen LogP contribution in [0.5, 0.6) is 0 Å². The number of hydrogen-bond donors (Lipinski definition) is 1. The highest BCUT2D eigenvalue weighted by Crippen LogP contribution is 2.25. The van der Waals surface area contributed by atoms with Crippen LogP contribution in [0.1, 0.15) is 18.2 Å². The Morgan fingerprint density at radius 1 is 1.21 bits per heavy atom. The number of halogens is 1. The summed E-state index contributed by atoms with van der Waals surface area (Å²) in [7, 11) is 1.63. The van der Waals surface area contributed by atoms with Crippen molar-refractivity contribution in [1.29, 1.82) is 0 Å². The van der Waals surface area contributed by atoms with E-state index < -0.39 is 0 Å². The molecular formula is C14H16BrN3O. The van der Waals surface area contributed by atoms with Gasteiger partial charge in [0.2, 0.25) is 0 Å². The van der Waals surface area contributed by atoms with Crippen LogP contribution in [0.3, 0.4) is 0 Å². The van der Waals surface area contributed by atoms with Crippen LogP contribution in [0.25, 0.3) is 11.4 Å². The van der Waals surface area contributed by atoms with Crippen molar-refractivity contribution >= 4 is 21.7 Å². The van der Waals surface area contributed by atoms with Gasteiger partial charge in [0.25, 0.3) is 0 Å². The summed E-state index contributed by atoms with van der Waals surface area (Å²) in [6, 6.07) is 8.18. The second-order valence-corrected chi connectivity index (χ2v) is 4.97. The summed E-state index contributed by atoms with van der Waals surface area (Å²) in [4.78, 5) is 8.79. The summed E-state index contributed by atoms with van der Waals surface area (Å²) in [6.07, 6.45) is 1.01. The minimum Gasteiger partial charge on any atom is -0.383 e. The number of hydrogen-bond acceptors (Lipinski definition) is 4. The van der Waals surface area contributed by atoms with Gasteiger partial charge < -0.3 is 10.5 Å². The van der Waals surface area contributed by atoms with Crippen LogP contribution in [0.15, 0.2) is 28.7 Å². The molecule has 2 rings (SSSR count). The maximum Gasteiger partial charge on any atom is 0.161 e. The summed E-state index contributed by atoms with van der Waals surface area (Å²) in [5.41, 5.74) is 8.88. The van der Waals surface area contributed by atoms with Crippen molar-refractivity contribution in [1.82, 2.24) is 9.97 Å². The van der Waals surface area contributed by atoms with Crippen LogP contribution < -0.4 is 5.73 Å². The molecule has 0 aliphatic carbocycles. The maximum absolute atomic E-state index is 5.89. The highest BCUT2D eigenvalue weighted by atomic mass is 79.9. The SMILES string of the molecule is CCc1ccc(-c2nc(N)c(Br)c(COC)n2)cc1. The first-order valence-electron chi connectivity index (χ1n) is 6.05. The molecule has 0 aliphatic rings. The van der Waals surface area contributed by atoms with E-state index in [1.165, 1.54) is 5.56 Å². The van der Waals surface area contributed by atoms with E-state index in [2.05, 4.69) is 45.0 Å². The number of ether oxygens (including phenoxy) is 1. The van der Waals surface area contributed by atoms with E-state index in [1.54, 1.807) is 7.11 Å². The molecule has 0 saturated carbocycles. The average molecular weight is 322 g/mol. The number of nitrogens with two attached hydrogens (primary N) is 1. The van der Waals surface area contributed by atoms with Crippen LogP contribution in [-0.4, -0.2) is 17.1 Å². The van der Waals surface area contributed by atoms with E-state index in [0.29, 0.717) is 22.7 Å². The van der Waals surface area contributed by atoms with E-state index in [-0.39, 0.29) is 0 Å². The first kappa shape index (κ1) is 14.0. The zero-order valence-corrected chi connectivity index (χ0v) is 12.6. The van der Waals surface area contributed by atoms with Gasteiger partial charge in [-0.2, -0.15) is 0 Å². The molecule has 0 aliphatic heterocycles. The Balaban J connectivity index is 2.43. The maximum atomic E-state index is 5.89. The predicted molar refractivity (Wildman–Crippen MR) is 79.7 cm³/mol. The van der Waals surface area contributed by atoms with Gasteiger partial charge >= 0.3 is 0 Å². The number of methoxy groups -OCH3 is 1. The second kappa shape index (κ2) is 6.12. The van der Waals surface area contributed by atoms with Gasteiger partial charge in [0.1, 0.15) is 5.82 Å². The molecule has 19 heavy (non-hydrogen) atoms. The molecule has 1 heterocycles. The lowest BCUT2D eigenvalue weighted by Crippen LogP contribution is -2.03. The Labute approximate surface area is 121 Å². The summed E-state index contributed by atoms with van der Waals surface area (Å²) in [5.74, 6) is 1.05. The summed E-state index contributed by atoms with van der Waals surface area (Å²) >= 11 is 3.38. The number of benzene rings is 1. The van der Waals surface area contributed by atoms with Crippen molar-refractivity contribution in [2.45, 2.75) is 20.0 Å². The second-order valence-electron chi connectivity index (χ2n) is 4.18. The molecule has 0 amide bonds. The topological polar surface area (TPSA) is 61.0 Å². The molecule has 0 unspecified atom stereocenters. The van der Waals surface area contributed by atoms with E-state index >= 15 is 0 Å². The number of anilines is 1. The highest BCUT2D eigenvalue weighted by Gasteiger charge is 2.11. The third-order valence-corrected chi connectivity index (χ3v) is 3.71. The lowest BCUT2D eigenvalue weighted by Gasteiger charge is -2.08. The fourth-order valence-corrected chi connectivity index (χ4v) is 2.06. The molecule has 0 bridgehead atoms. The zero-order chi connectivity index (χ0) is 13.8. The van der Waals surface area contributed by atoms with E-state index in [4.69, 9.17) is 10.5 Å². The molecule has 5 heteroatoms. The third kappa shape index (κ3) is 3.11. The summed E-state index contributed by atoms with van der Waals surface area (Å²) < 4.78 is 5.81. The molecule has 0 fully saturated rings. The van der Waals surface area contributed by atoms with Gasteiger partial charge in [-0.1, -0.05) is 31.2 Å². The molecule has 1 aromatic heterocycles. The van der Waals surface area contributed by atoms with Crippen molar-refractivity contribution in [3.63, 3.8) is 0 Å². The third-order valence-electron chi connectivity index (χ3n) is 2.85. The zero-order valence-electron chi connectivity index (χ0n) is 11.0. The number of aromatic nitrogens is 2. The Bertz CT molecular complexity index is 570. The molecule has 1 aromatic carbocycles. The molecule has 0 radical (unpaired) electrons. The van der Waals surface area contributed by atoms with Crippen molar-refractivity contribution in [3.05, 3.63) is 40.0 Å². The molecule has 0 saturated heterocycles. The van der Waals surface area contributed by atoms with Gasteiger partial charge in [0.15, 0.2) is 5.82 Å². The quantitative estimate of drug-likeness (QED) is 0.939. The lowest BCUT2D eigenvalue weighted by molar-refractivity contribution is 0.181. The van der Waals surface area contributed by atoms with Crippen molar-refractivity contribution in [2.75, 3.05) is 12.8 Å². The summed E-state index contributed by atoms with van der Waals surface area (Å²) in [6.45, 7) is 2.52. The standard InChI is InChI=1S/C14H16BrN3O/c1-3-9-4-6-10(7-5-9)14-17-11(8-19-2)12(15)13(16)18-14/h4-7H,3,8H2,1-2H3,(H2,16,17,18). The van der Waals surface area contributed by atoms with Crippen molar-refractivity contribution in [3.8, 4) is 11.4 Å². The normalized spacial score (nSPS) is 10.7. The lowest BCUT2D eigenvalue weighted by atomic mass is 10.1. The van der Waals surface area contributed by atoms with Gasteiger partial charge in [-0.05, 0) is 27.9 Å². The van der Waals surface area contributed by atoms with Crippen LogP contribution in [0, 0.1) is 0 Å². The predicted octanol–water partition coefficient (Wildman–Crippen LogP) is 3.20. The van der Waals surface area contributed by atoms with Crippen molar-refractivity contribution < 1.29 is 4.74 Å². The fraction of sp³-hybridized carbons (Fsp3) is 0.286. The number of nitrogens with zero attached hydrogens (tertiary/aromatic N) is 2. The van der Waals surface area contributed by atoms with Crippen LogP contribution in [0.4, 0.5) is 5.82 Å². The first-order chi connectivity index (χ1) is 9.15. The monoisotopic (exact) mass is 321 g/mol. The van der Waals surface area contributed by atoms with Crippen LogP contribution in [-0.2, 0) is 17.8 Å². The van der Waals surface area contributed by atoms with Crippen LogP contribution >= 0.6 is 15.9 Å². The Morgan fingerprint density at radius 3 is 2.47 bits per heavy atom.